The van der Waals surface area contributed by atoms with Crippen LogP contribution in [-0.2, 0) is 0 Å². The van der Waals surface area contributed by atoms with Crippen LogP contribution in [0.3, 0.4) is 0 Å². The van der Waals surface area contributed by atoms with Gasteiger partial charge in [0.25, 0.3) is 5.91 Å². The zero-order valence-electron chi connectivity index (χ0n) is 7.53. The van der Waals surface area contributed by atoms with Gasteiger partial charge in [0.1, 0.15) is 0 Å². The van der Waals surface area contributed by atoms with Gasteiger partial charge in [0.15, 0.2) is 0 Å². The molecule has 0 saturated carbocycles. The highest BCUT2D eigenvalue weighted by Crippen LogP contribution is 2.14. The molecule has 2 rings (SSSR count). The number of amides is 1. The number of benzene rings is 1. The maximum absolute atomic E-state index is 11.4. The lowest BCUT2D eigenvalue weighted by atomic mass is 10.1. The minimum Gasteiger partial charge on any atom is -0.287 e. The fraction of sp³-hybridized carbons (Fsp3) is 0. The highest BCUT2D eigenvalue weighted by Gasteiger charge is 2.08. The summed E-state index contributed by atoms with van der Waals surface area (Å²) in [5.41, 5.74) is 9.47. The summed E-state index contributed by atoms with van der Waals surface area (Å²) >= 11 is 0. The average Bonchev–Trinajstić information content (AvgIpc) is 2.28. The third-order valence-corrected chi connectivity index (χ3v) is 1.86. The van der Waals surface area contributed by atoms with Crippen LogP contribution in [0.15, 0.2) is 35.7 Å². The molecule has 1 aromatic carbocycles. The van der Waals surface area contributed by atoms with E-state index in [0.29, 0.717) is 11.0 Å². The molecule has 0 spiro atoms. The fourth-order valence-corrected chi connectivity index (χ4v) is 1.26. The summed E-state index contributed by atoms with van der Waals surface area (Å²) in [6.07, 6.45) is 3.01. The summed E-state index contributed by atoms with van der Waals surface area (Å²) < 4.78 is 0. The van der Waals surface area contributed by atoms with E-state index in [2.05, 4.69) is 20.0 Å². The maximum Gasteiger partial charge on any atom is 0.251 e. The van der Waals surface area contributed by atoms with Crippen molar-refractivity contribution >= 4 is 16.9 Å². The van der Waals surface area contributed by atoms with Crippen LogP contribution in [0.1, 0.15) is 10.4 Å². The number of nitrogens with zero attached hydrogens (tertiary/aromatic N) is 5. The number of fused-ring (bicyclic) bond motifs is 1. The Bertz CT molecular complexity index is 568. The van der Waals surface area contributed by atoms with Crippen molar-refractivity contribution in [3.8, 4) is 0 Å². The van der Waals surface area contributed by atoms with Crippen LogP contribution in [0.25, 0.3) is 21.5 Å². The first-order valence-electron chi connectivity index (χ1n) is 4.12. The number of aromatic nitrogens is 2. The fourth-order valence-electron chi connectivity index (χ4n) is 1.26. The van der Waals surface area contributed by atoms with Crippen molar-refractivity contribution in [1.29, 1.82) is 0 Å². The SMILES string of the molecule is [N-]=[N+]=NC(=O)c1cccc2nccnc12. The number of hydrogen-bond acceptors (Lipinski definition) is 3. The molecule has 1 heterocycles. The second-order valence-electron chi connectivity index (χ2n) is 2.72. The molecule has 1 amide bonds. The molecule has 0 atom stereocenters. The van der Waals surface area contributed by atoms with Crippen molar-refractivity contribution in [2.75, 3.05) is 0 Å². The first-order chi connectivity index (χ1) is 7.33. The van der Waals surface area contributed by atoms with E-state index in [-0.39, 0.29) is 5.56 Å². The minimum atomic E-state index is -0.649. The molecule has 0 unspecified atom stereocenters. The van der Waals surface area contributed by atoms with Gasteiger partial charge in [0.2, 0.25) is 0 Å². The molecule has 0 aliphatic heterocycles. The Kier molecular flexibility index (Phi) is 2.26. The van der Waals surface area contributed by atoms with Gasteiger partial charge in [-0.2, -0.15) is 0 Å². The van der Waals surface area contributed by atoms with Gasteiger partial charge in [-0.1, -0.05) is 6.07 Å². The summed E-state index contributed by atoms with van der Waals surface area (Å²) in [6.45, 7) is 0. The normalized spacial score (nSPS) is 9.60. The lowest BCUT2D eigenvalue weighted by molar-refractivity contribution is 0.100. The Morgan fingerprint density at radius 3 is 2.93 bits per heavy atom. The van der Waals surface area contributed by atoms with Crippen molar-refractivity contribution in [1.82, 2.24) is 9.97 Å². The highest BCUT2D eigenvalue weighted by molar-refractivity contribution is 6.04. The molecular formula is C9H5N5O. The molecule has 0 fully saturated rings. The predicted molar refractivity (Wildman–Crippen MR) is 53.0 cm³/mol. The molecule has 2 aromatic rings. The largest absolute Gasteiger partial charge is 0.287 e. The van der Waals surface area contributed by atoms with Gasteiger partial charge in [0.05, 0.1) is 16.6 Å². The van der Waals surface area contributed by atoms with Crippen LogP contribution < -0.4 is 0 Å². The topological polar surface area (TPSA) is 91.6 Å². The quantitative estimate of drug-likeness (QED) is 0.399. The summed E-state index contributed by atoms with van der Waals surface area (Å²) in [6, 6.07) is 4.94. The highest BCUT2D eigenvalue weighted by atomic mass is 16.1. The Labute approximate surface area is 84.2 Å². The van der Waals surface area contributed by atoms with E-state index < -0.39 is 5.91 Å². The summed E-state index contributed by atoms with van der Waals surface area (Å²) in [4.78, 5) is 21.9. The smallest absolute Gasteiger partial charge is 0.251 e. The van der Waals surface area contributed by atoms with Gasteiger partial charge >= 0.3 is 0 Å². The van der Waals surface area contributed by atoms with E-state index in [0.717, 1.165) is 0 Å². The van der Waals surface area contributed by atoms with Crippen LogP contribution in [0.2, 0.25) is 0 Å². The third kappa shape index (κ3) is 1.61. The summed E-state index contributed by atoms with van der Waals surface area (Å²) in [7, 11) is 0. The number of azide groups is 1. The van der Waals surface area contributed by atoms with Gasteiger partial charge in [-0.25, -0.2) is 0 Å². The van der Waals surface area contributed by atoms with Crippen LogP contribution >= 0.6 is 0 Å². The Hall–Kier alpha value is -2.46. The number of carbonyl (C=O) groups is 1. The van der Waals surface area contributed by atoms with Crippen molar-refractivity contribution in [3.05, 3.63) is 46.6 Å². The van der Waals surface area contributed by atoms with Crippen LogP contribution in [0.4, 0.5) is 0 Å². The van der Waals surface area contributed by atoms with Crippen molar-refractivity contribution in [3.63, 3.8) is 0 Å². The molecule has 0 aliphatic carbocycles. The number of carbonyl (C=O) groups excluding carboxylic acids is 1. The molecule has 0 aliphatic rings. The van der Waals surface area contributed by atoms with Crippen LogP contribution in [-0.4, -0.2) is 15.9 Å². The van der Waals surface area contributed by atoms with Gasteiger partial charge in [0, 0.05) is 17.3 Å². The molecule has 6 nitrogen and oxygen atoms in total. The van der Waals surface area contributed by atoms with E-state index in [1.165, 1.54) is 12.4 Å². The second-order valence-corrected chi connectivity index (χ2v) is 2.72. The average molecular weight is 199 g/mol. The Balaban J connectivity index is 2.71. The van der Waals surface area contributed by atoms with Crippen molar-refractivity contribution in [2.45, 2.75) is 0 Å². The molecule has 0 bridgehead atoms. The number of rotatable bonds is 1. The van der Waals surface area contributed by atoms with E-state index in [4.69, 9.17) is 5.53 Å². The standard InChI is InChI=1S/C9H5N5O/c10-14-13-9(15)6-2-1-3-7-8(6)12-5-4-11-7/h1-5H. The van der Waals surface area contributed by atoms with Gasteiger partial charge in [-0.05, 0) is 22.8 Å². The lowest BCUT2D eigenvalue weighted by Gasteiger charge is -1.99. The Morgan fingerprint density at radius 2 is 2.13 bits per heavy atom. The van der Waals surface area contributed by atoms with Crippen molar-refractivity contribution < 1.29 is 4.79 Å². The van der Waals surface area contributed by atoms with Gasteiger partial charge < -0.3 is 0 Å². The van der Waals surface area contributed by atoms with Crippen molar-refractivity contribution in [2.24, 2.45) is 5.11 Å². The van der Waals surface area contributed by atoms with Gasteiger partial charge in [-0.3, -0.25) is 14.8 Å². The van der Waals surface area contributed by atoms with Gasteiger partial charge in [-0.15, -0.1) is 0 Å². The van der Waals surface area contributed by atoms with E-state index in [1.54, 1.807) is 18.2 Å². The monoisotopic (exact) mass is 199 g/mol. The molecule has 1 aromatic heterocycles. The summed E-state index contributed by atoms with van der Waals surface area (Å²) in [5.74, 6) is -0.649. The molecule has 6 heteroatoms. The molecular weight excluding hydrogens is 194 g/mol. The molecule has 0 saturated heterocycles. The number of para-hydroxylation sites is 1. The predicted octanol–water partition coefficient (Wildman–Crippen LogP) is 2.08. The first kappa shape index (κ1) is 9.11. The van der Waals surface area contributed by atoms with E-state index >= 15 is 0 Å². The second kappa shape index (κ2) is 3.73. The number of hydrogen-bond donors (Lipinski definition) is 0. The minimum absolute atomic E-state index is 0.262. The zero-order chi connectivity index (χ0) is 10.7. The molecule has 15 heavy (non-hydrogen) atoms. The van der Waals surface area contributed by atoms with Crippen LogP contribution in [0, 0.1) is 0 Å². The molecule has 0 radical (unpaired) electrons. The van der Waals surface area contributed by atoms with E-state index in [9.17, 15) is 4.79 Å². The Morgan fingerprint density at radius 1 is 1.33 bits per heavy atom. The maximum atomic E-state index is 11.4. The summed E-state index contributed by atoms with van der Waals surface area (Å²) in [5, 5.41) is 3.02. The van der Waals surface area contributed by atoms with E-state index in [1.807, 2.05) is 0 Å². The molecule has 0 N–H and O–H groups in total. The van der Waals surface area contributed by atoms with Crippen LogP contribution in [0.5, 0.6) is 0 Å². The zero-order valence-corrected chi connectivity index (χ0v) is 7.53. The third-order valence-electron chi connectivity index (χ3n) is 1.86. The lowest BCUT2D eigenvalue weighted by Crippen LogP contribution is -1.96. The molecule has 72 valence electrons. The first-order valence-corrected chi connectivity index (χ1v) is 4.12.